The lowest BCUT2D eigenvalue weighted by Gasteiger charge is -2.15. The van der Waals surface area contributed by atoms with Gasteiger partial charge in [0.05, 0.1) is 12.5 Å². The molecule has 116 valence electrons. The lowest BCUT2D eigenvalue weighted by molar-refractivity contribution is -0.119. The fraction of sp³-hybridized carbons (Fsp3) is 0.294. The Morgan fingerprint density at radius 2 is 1.86 bits per heavy atom. The van der Waals surface area contributed by atoms with Crippen molar-refractivity contribution in [3.8, 4) is 0 Å². The van der Waals surface area contributed by atoms with Crippen molar-refractivity contribution in [3.63, 3.8) is 0 Å². The summed E-state index contributed by atoms with van der Waals surface area (Å²) in [5, 5.41) is 2.67. The Kier molecular flexibility index (Phi) is 5.12. The summed E-state index contributed by atoms with van der Waals surface area (Å²) in [4.78, 5) is 24.5. The molecule has 22 heavy (non-hydrogen) atoms. The second-order valence-electron chi connectivity index (χ2n) is 5.48. The molecule has 0 saturated heterocycles. The number of amides is 1. The van der Waals surface area contributed by atoms with Gasteiger partial charge in [-0.05, 0) is 24.6 Å². The van der Waals surface area contributed by atoms with Gasteiger partial charge in [0.1, 0.15) is 5.69 Å². The number of carbonyl (C=O) groups is 1. The number of hydrogen-bond acceptors (Lipinski definition) is 3. The summed E-state index contributed by atoms with van der Waals surface area (Å²) in [6.45, 7) is 3.97. The van der Waals surface area contributed by atoms with E-state index < -0.39 is 0 Å². The number of hydrogen-bond donors (Lipinski definition) is 2. The largest absolute Gasteiger partial charge is 0.327 e. The van der Waals surface area contributed by atoms with Gasteiger partial charge >= 0.3 is 0 Å². The molecule has 0 spiro atoms. The molecule has 1 aromatic carbocycles. The van der Waals surface area contributed by atoms with Crippen LogP contribution < -0.4 is 16.6 Å². The van der Waals surface area contributed by atoms with E-state index in [4.69, 9.17) is 5.73 Å². The third-order valence-electron chi connectivity index (χ3n) is 3.68. The molecule has 5 nitrogen and oxygen atoms in total. The molecule has 2 rings (SSSR count). The Labute approximate surface area is 129 Å². The SMILES string of the molecule is CC(N)C(C)C(=O)Nc1cccn(Cc2ccccc2)c1=O. The van der Waals surface area contributed by atoms with Gasteiger partial charge < -0.3 is 15.6 Å². The van der Waals surface area contributed by atoms with Crippen molar-refractivity contribution in [2.24, 2.45) is 11.7 Å². The van der Waals surface area contributed by atoms with Crippen molar-refractivity contribution >= 4 is 11.6 Å². The Bertz CT molecular complexity index is 693. The van der Waals surface area contributed by atoms with Crippen LogP contribution in [-0.4, -0.2) is 16.5 Å². The van der Waals surface area contributed by atoms with Crippen molar-refractivity contribution in [1.29, 1.82) is 0 Å². The molecule has 1 amide bonds. The number of nitrogens with two attached hydrogens (primary N) is 1. The molecule has 0 aliphatic rings. The average Bonchev–Trinajstić information content (AvgIpc) is 2.51. The number of nitrogens with zero attached hydrogens (tertiary/aromatic N) is 1. The lowest BCUT2D eigenvalue weighted by Crippen LogP contribution is -2.36. The quantitative estimate of drug-likeness (QED) is 0.884. The first kappa shape index (κ1) is 16.0. The zero-order valence-electron chi connectivity index (χ0n) is 12.8. The minimum absolute atomic E-state index is 0.225. The number of rotatable bonds is 5. The third kappa shape index (κ3) is 3.83. The molecular formula is C17H21N3O2. The van der Waals surface area contributed by atoms with Gasteiger partial charge in [-0.3, -0.25) is 9.59 Å². The van der Waals surface area contributed by atoms with E-state index in [-0.39, 0.29) is 29.1 Å². The highest BCUT2D eigenvalue weighted by Crippen LogP contribution is 2.07. The van der Waals surface area contributed by atoms with Gasteiger partial charge in [0, 0.05) is 12.2 Å². The molecule has 3 N–H and O–H groups in total. The van der Waals surface area contributed by atoms with E-state index in [0.717, 1.165) is 5.56 Å². The summed E-state index contributed by atoms with van der Waals surface area (Å²) in [6, 6.07) is 12.8. The maximum absolute atomic E-state index is 12.4. The van der Waals surface area contributed by atoms with Crippen LogP contribution in [0.5, 0.6) is 0 Å². The number of benzene rings is 1. The van der Waals surface area contributed by atoms with Crippen LogP contribution in [0, 0.1) is 5.92 Å². The third-order valence-corrected chi connectivity index (χ3v) is 3.68. The summed E-state index contributed by atoms with van der Waals surface area (Å²) < 4.78 is 1.57. The van der Waals surface area contributed by atoms with Crippen LogP contribution in [0.25, 0.3) is 0 Å². The molecular weight excluding hydrogens is 278 g/mol. The van der Waals surface area contributed by atoms with Crippen LogP contribution in [0.4, 0.5) is 5.69 Å². The highest BCUT2D eigenvalue weighted by Gasteiger charge is 2.18. The van der Waals surface area contributed by atoms with Crippen molar-refractivity contribution in [1.82, 2.24) is 4.57 Å². The van der Waals surface area contributed by atoms with Gasteiger partial charge in [-0.2, -0.15) is 0 Å². The highest BCUT2D eigenvalue weighted by molar-refractivity contribution is 5.92. The lowest BCUT2D eigenvalue weighted by atomic mass is 10.0. The van der Waals surface area contributed by atoms with Crippen molar-refractivity contribution in [2.45, 2.75) is 26.4 Å². The predicted molar refractivity (Wildman–Crippen MR) is 87.7 cm³/mol. The van der Waals surface area contributed by atoms with Crippen LogP contribution in [0.2, 0.25) is 0 Å². The van der Waals surface area contributed by atoms with Crippen molar-refractivity contribution < 1.29 is 4.79 Å². The van der Waals surface area contributed by atoms with Gasteiger partial charge in [0.2, 0.25) is 5.91 Å². The molecule has 0 aliphatic heterocycles. The van der Waals surface area contributed by atoms with Gasteiger partial charge in [-0.1, -0.05) is 37.3 Å². The molecule has 5 heteroatoms. The minimum atomic E-state index is -0.359. The second-order valence-corrected chi connectivity index (χ2v) is 5.48. The molecule has 2 aromatic rings. The Balaban J connectivity index is 2.19. The standard InChI is InChI=1S/C17H21N3O2/c1-12(13(2)18)16(21)19-15-9-6-10-20(17(15)22)11-14-7-4-3-5-8-14/h3-10,12-13H,11,18H2,1-2H3,(H,19,21). The van der Waals surface area contributed by atoms with Crippen molar-refractivity contribution in [2.75, 3.05) is 5.32 Å². The number of anilines is 1. The summed E-state index contributed by atoms with van der Waals surface area (Å²) >= 11 is 0. The van der Waals surface area contributed by atoms with Gasteiger partial charge in [-0.15, -0.1) is 0 Å². The van der Waals surface area contributed by atoms with Crippen molar-refractivity contribution in [3.05, 3.63) is 64.6 Å². The van der Waals surface area contributed by atoms with Gasteiger partial charge in [0.15, 0.2) is 0 Å². The monoisotopic (exact) mass is 299 g/mol. The van der Waals surface area contributed by atoms with E-state index in [1.54, 1.807) is 36.7 Å². The van der Waals surface area contributed by atoms with E-state index in [0.29, 0.717) is 6.54 Å². The van der Waals surface area contributed by atoms with E-state index in [1.807, 2.05) is 30.3 Å². The van der Waals surface area contributed by atoms with Crippen LogP contribution in [0.15, 0.2) is 53.5 Å². The summed E-state index contributed by atoms with van der Waals surface area (Å²) in [5.74, 6) is -0.605. The van der Waals surface area contributed by atoms with Crippen LogP contribution in [0.1, 0.15) is 19.4 Å². The zero-order valence-corrected chi connectivity index (χ0v) is 12.8. The van der Waals surface area contributed by atoms with E-state index in [9.17, 15) is 9.59 Å². The smallest absolute Gasteiger partial charge is 0.274 e. The first-order valence-electron chi connectivity index (χ1n) is 7.29. The Morgan fingerprint density at radius 1 is 1.18 bits per heavy atom. The molecule has 0 bridgehead atoms. The molecule has 0 fully saturated rings. The number of carbonyl (C=O) groups excluding carboxylic acids is 1. The predicted octanol–water partition coefficient (Wildman–Crippen LogP) is 1.82. The first-order valence-corrected chi connectivity index (χ1v) is 7.29. The Morgan fingerprint density at radius 3 is 2.50 bits per heavy atom. The first-order chi connectivity index (χ1) is 10.5. The molecule has 2 unspecified atom stereocenters. The molecule has 2 atom stereocenters. The Hall–Kier alpha value is -2.40. The maximum atomic E-state index is 12.4. The van der Waals surface area contributed by atoms with Crippen LogP contribution in [0.3, 0.4) is 0 Å². The number of pyridine rings is 1. The maximum Gasteiger partial charge on any atom is 0.274 e. The van der Waals surface area contributed by atoms with Gasteiger partial charge in [0.25, 0.3) is 5.56 Å². The van der Waals surface area contributed by atoms with Gasteiger partial charge in [-0.25, -0.2) is 0 Å². The fourth-order valence-corrected chi connectivity index (χ4v) is 2.02. The topological polar surface area (TPSA) is 77.1 Å². The normalized spacial score (nSPS) is 13.4. The number of aromatic nitrogens is 1. The summed E-state index contributed by atoms with van der Waals surface area (Å²) in [7, 11) is 0. The van der Waals surface area contributed by atoms with E-state index in [1.165, 1.54) is 0 Å². The average molecular weight is 299 g/mol. The summed E-state index contributed by atoms with van der Waals surface area (Å²) in [6.07, 6.45) is 1.71. The number of nitrogens with one attached hydrogen (secondary N) is 1. The molecule has 0 aliphatic carbocycles. The van der Waals surface area contributed by atoms with Crippen LogP contribution in [-0.2, 0) is 11.3 Å². The second kappa shape index (κ2) is 7.04. The molecule has 1 aromatic heterocycles. The minimum Gasteiger partial charge on any atom is -0.327 e. The molecule has 0 saturated carbocycles. The van der Waals surface area contributed by atoms with E-state index >= 15 is 0 Å². The zero-order chi connectivity index (χ0) is 16.1. The molecule has 1 heterocycles. The summed E-state index contributed by atoms with van der Waals surface area (Å²) in [5.41, 5.74) is 6.79. The fourth-order valence-electron chi connectivity index (χ4n) is 2.02. The molecule has 0 radical (unpaired) electrons. The van der Waals surface area contributed by atoms with Crippen LogP contribution >= 0.6 is 0 Å². The van der Waals surface area contributed by atoms with E-state index in [2.05, 4.69) is 5.32 Å². The highest BCUT2D eigenvalue weighted by atomic mass is 16.2.